The van der Waals surface area contributed by atoms with Crippen LogP contribution in [0.1, 0.15) is 34.8 Å². The highest BCUT2D eigenvalue weighted by Gasteiger charge is 2.22. The molecule has 0 saturated carbocycles. The van der Waals surface area contributed by atoms with Gasteiger partial charge < -0.3 is 15.6 Å². The maximum Gasteiger partial charge on any atom is 0.335 e. The first-order valence-corrected chi connectivity index (χ1v) is 5.85. The van der Waals surface area contributed by atoms with Crippen LogP contribution < -0.4 is 5.73 Å². The number of carboxylic acid groups (broad SMARTS) is 1. The molecule has 4 nitrogen and oxygen atoms in total. The maximum atomic E-state index is 10.9. The quantitative estimate of drug-likeness (QED) is 0.838. The third kappa shape index (κ3) is 2.84. The lowest BCUT2D eigenvalue weighted by Gasteiger charge is -2.28. The molecule has 0 aliphatic carbocycles. The van der Waals surface area contributed by atoms with Crippen molar-refractivity contribution in [2.24, 2.45) is 11.7 Å². The summed E-state index contributed by atoms with van der Waals surface area (Å²) in [6, 6.07) is 6.80. The highest BCUT2D eigenvalue weighted by Crippen LogP contribution is 2.28. The highest BCUT2D eigenvalue weighted by atomic mass is 16.5. The van der Waals surface area contributed by atoms with Gasteiger partial charge in [-0.25, -0.2) is 4.79 Å². The molecule has 1 heterocycles. The van der Waals surface area contributed by atoms with Crippen LogP contribution in [0, 0.1) is 5.92 Å². The molecular weight excluding hydrogens is 218 g/mol. The van der Waals surface area contributed by atoms with Crippen molar-refractivity contribution in [3.8, 4) is 0 Å². The lowest BCUT2D eigenvalue weighted by Crippen LogP contribution is -2.27. The van der Waals surface area contributed by atoms with Gasteiger partial charge in [0.05, 0.1) is 5.56 Å². The third-order valence-corrected chi connectivity index (χ3v) is 3.29. The average molecular weight is 235 g/mol. The van der Waals surface area contributed by atoms with Gasteiger partial charge in [-0.15, -0.1) is 0 Å². The lowest BCUT2D eigenvalue weighted by molar-refractivity contribution is 0.0583. The first-order chi connectivity index (χ1) is 8.18. The molecule has 0 radical (unpaired) electrons. The summed E-state index contributed by atoms with van der Waals surface area (Å²) in [4.78, 5) is 10.9. The zero-order chi connectivity index (χ0) is 12.3. The van der Waals surface area contributed by atoms with Gasteiger partial charge in [0.15, 0.2) is 0 Å². The number of ether oxygens (including phenoxy) is 1. The molecule has 2 rings (SSSR count). The Morgan fingerprint density at radius 2 is 2.12 bits per heavy atom. The van der Waals surface area contributed by atoms with Gasteiger partial charge in [0.1, 0.15) is 0 Å². The van der Waals surface area contributed by atoms with Crippen LogP contribution in [0.4, 0.5) is 0 Å². The summed E-state index contributed by atoms with van der Waals surface area (Å²) in [6.45, 7) is 1.49. The van der Waals surface area contributed by atoms with Crippen molar-refractivity contribution in [2.45, 2.75) is 18.9 Å². The predicted molar refractivity (Wildman–Crippen MR) is 63.9 cm³/mol. The second kappa shape index (κ2) is 5.29. The molecule has 1 aliphatic rings. The third-order valence-electron chi connectivity index (χ3n) is 3.29. The van der Waals surface area contributed by atoms with Crippen molar-refractivity contribution >= 4 is 5.97 Å². The summed E-state index contributed by atoms with van der Waals surface area (Å²) >= 11 is 0. The largest absolute Gasteiger partial charge is 0.478 e. The Labute approximate surface area is 100 Å². The van der Waals surface area contributed by atoms with Crippen molar-refractivity contribution in [3.63, 3.8) is 0 Å². The molecule has 0 bridgehead atoms. The lowest BCUT2D eigenvalue weighted by atomic mass is 9.87. The standard InChI is InChI=1S/C13H17NO3/c14-12(9-4-6-17-7-5-9)10-2-1-3-11(8-10)13(15)16/h1-3,8-9,12H,4-7,14H2,(H,15,16). The van der Waals surface area contributed by atoms with Crippen molar-refractivity contribution < 1.29 is 14.6 Å². The first kappa shape index (κ1) is 12.1. The number of carboxylic acids is 1. The minimum atomic E-state index is -0.911. The molecule has 0 aromatic heterocycles. The summed E-state index contributed by atoms with van der Waals surface area (Å²) in [5, 5.41) is 8.94. The molecule has 1 atom stereocenters. The molecule has 0 spiro atoms. The molecule has 1 unspecified atom stereocenters. The Kier molecular flexibility index (Phi) is 3.76. The molecule has 4 heteroatoms. The molecule has 0 amide bonds. The van der Waals surface area contributed by atoms with Crippen LogP contribution in [0.3, 0.4) is 0 Å². The van der Waals surface area contributed by atoms with E-state index in [0.29, 0.717) is 11.5 Å². The zero-order valence-electron chi connectivity index (χ0n) is 9.63. The van der Waals surface area contributed by atoms with Gasteiger partial charge in [-0.2, -0.15) is 0 Å². The fourth-order valence-electron chi connectivity index (χ4n) is 2.23. The molecule has 92 valence electrons. The van der Waals surface area contributed by atoms with E-state index < -0.39 is 5.97 Å². The number of aromatic carboxylic acids is 1. The Morgan fingerprint density at radius 3 is 2.76 bits per heavy atom. The van der Waals surface area contributed by atoms with Gasteiger partial charge in [0.25, 0.3) is 0 Å². The van der Waals surface area contributed by atoms with Gasteiger partial charge in [0, 0.05) is 19.3 Å². The minimum Gasteiger partial charge on any atom is -0.478 e. The molecule has 1 aliphatic heterocycles. The van der Waals surface area contributed by atoms with E-state index in [0.717, 1.165) is 31.6 Å². The van der Waals surface area contributed by atoms with Crippen LogP contribution in [0.25, 0.3) is 0 Å². The van der Waals surface area contributed by atoms with Gasteiger partial charge in [-0.1, -0.05) is 12.1 Å². The molecule has 1 fully saturated rings. The van der Waals surface area contributed by atoms with Gasteiger partial charge in [-0.05, 0) is 36.5 Å². The molecular formula is C13H17NO3. The summed E-state index contributed by atoms with van der Waals surface area (Å²) in [5.74, 6) is -0.529. The minimum absolute atomic E-state index is 0.0989. The predicted octanol–water partition coefficient (Wildman–Crippen LogP) is 1.81. The second-order valence-corrected chi connectivity index (χ2v) is 4.41. The van der Waals surface area contributed by atoms with Crippen LogP contribution in [0.5, 0.6) is 0 Å². The van der Waals surface area contributed by atoms with Gasteiger partial charge >= 0.3 is 5.97 Å². The number of carbonyl (C=O) groups is 1. The number of hydrogen-bond donors (Lipinski definition) is 2. The van der Waals surface area contributed by atoms with E-state index in [-0.39, 0.29) is 6.04 Å². The molecule has 3 N–H and O–H groups in total. The second-order valence-electron chi connectivity index (χ2n) is 4.41. The van der Waals surface area contributed by atoms with Crippen LogP contribution in [-0.4, -0.2) is 24.3 Å². The average Bonchev–Trinajstić information content (AvgIpc) is 2.39. The van der Waals surface area contributed by atoms with E-state index in [1.54, 1.807) is 18.2 Å². The highest BCUT2D eigenvalue weighted by molar-refractivity contribution is 5.87. The van der Waals surface area contributed by atoms with Crippen molar-refractivity contribution in [2.75, 3.05) is 13.2 Å². The van der Waals surface area contributed by atoms with Gasteiger partial charge in [-0.3, -0.25) is 0 Å². The Balaban J connectivity index is 2.14. The normalized spacial score (nSPS) is 18.9. The number of benzene rings is 1. The van der Waals surface area contributed by atoms with Crippen LogP contribution in [0.2, 0.25) is 0 Å². The maximum absolute atomic E-state index is 10.9. The number of hydrogen-bond acceptors (Lipinski definition) is 3. The van der Waals surface area contributed by atoms with Crippen LogP contribution in [0.15, 0.2) is 24.3 Å². The summed E-state index contributed by atoms with van der Waals surface area (Å²) in [7, 11) is 0. The van der Waals surface area contributed by atoms with Crippen LogP contribution in [-0.2, 0) is 4.74 Å². The molecule has 1 aromatic carbocycles. The Morgan fingerprint density at radius 1 is 1.41 bits per heavy atom. The summed E-state index contributed by atoms with van der Waals surface area (Å²) < 4.78 is 5.30. The van der Waals surface area contributed by atoms with E-state index in [1.165, 1.54) is 0 Å². The topological polar surface area (TPSA) is 72.6 Å². The molecule has 1 saturated heterocycles. The smallest absolute Gasteiger partial charge is 0.335 e. The van der Waals surface area contributed by atoms with Crippen molar-refractivity contribution in [1.29, 1.82) is 0 Å². The van der Waals surface area contributed by atoms with Crippen LogP contribution >= 0.6 is 0 Å². The van der Waals surface area contributed by atoms with Gasteiger partial charge in [0.2, 0.25) is 0 Å². The van der Waals surface area contributed by atoms with E-state index >= 15 is 0 Å². The van der Waals surface area contributed by atoms with Crippen molar-refractivity contribution in [3.05, 3.63) is 35.4 Å². The van der Waals surface area contributed by atoms with Crippen molar-refractivity contribution in [1.82, 2.24) is 0 Å². The fourth-order valence-corrected chi connectivity index (χ4v) is 2.23. The Bertz CT molecular complexity index is 399. The number of nitrogens with two attached hydrogens (primary N) is 1. The Hall–Kier alpha value is -1.39. The van der Waals surface area contributed by atoms with E-state index in [9.17, 15) is 4.79 Å². The SMILES string of the molecule is NC(c1cccc(C(=O)O)c1)C1CCOCC1. The monoisotopic (exact) mass is 235 g/mol. The first-order valence-electron chi connectivity index (χ1n) is 5.85. The van der Waals surface area contributed by atoms with E-state index in [1.807, 2.05) is 6.07 Å². The zero-order valence-corrected chi connectivity index (χ0v) is 9.63. The summed E-state index contributed by atoms with van der Waals surface area (Å²) in [5.41, 5.74) is 7.39. The van der Waals surface area contributed by atoms with E-state index in [2.05, 4.69) is 0 Å². The van der Waals surface area contributed by atoms with E-state index in [4.69, 9.17) is 15.6 Å². The number of rotatable bonds is 3. The molecule has 17 heavy (non-hydrogen) atoms. The molecule has 1 aromatic rings. The fraction of sp³-hybridized carbons (Fsp3) is 0.462. The summed E-state index contributed by atoms with van der Waals surface area (Å²) in [6.07, 6.45) is 1.89.